The largest absolute Gasteiger partial charge is 0.292 e. The maximum atomic E-state index is 12.4. The molecule has 3 rings (SSSR count). The molecule has 4 heteroatoms. The van der Waals surface area contributed by atoms with Crippen LogP contribution in [0.1, 0.15) is 39.7 Å². The second-order valence-corrected chi connectivity index (χ2v) is 5.20. The summed E-state index contributed by atoms with van der Waals surface area (Å²) >= 11 is 1.75. The van der Waals surface area contributed by atoms with Crippen LogP contribution in [0.15, 0.2) is 30.0 Å². The van der Waals surface area contributed by atoms with Gasteiger partial charge in [0.25, 0.3) is 0 Å². The number of hydrogen-bond acceptors (Lipinski definition) is 4. The van der Waals surface area contributed by atoms with Crippen molar-refractivity contribution in [3.8, 4) is 0 Å². The lowest BCUT2D eigenvalue weighted by Crippen LogP contribution is -2.18. The maximum Gasteiger partial charge on any atom is 0.190 e. The number of rotatable bonds is 2. The molecule has 1 aliphatic rings. The number of ketones is 1. The summed E-state index contributed by atoms with van der Waals surface area (Å²) < 4.78 is 0. The summed E-state index contributed by atoms with van der Waals surface area (Å²) in [6.45, 7) is 0. The Labute approximate surface area is 104 Å². The maximum absolute atomic E-state index is 12.4. The first-order valence-corrected chi connectivity index (χ1v) is 6.60. The van der Waals surface area contributed by atoms with Crippen LogP contribution < -0.4 is 0 Å². The van der Waals surface area contributed by atoms with Crippen LogP contribution in [0.25, 0.3) is 0 Å². The molecule has 1 atom stereocenters. The fraction of sp³-hybridized carbons (Fsp3) is 0.308. The van der Waals surface area contributed by atoms with E-state index in [0.717, 1.165) is 19.3 Å². The number of aryl methyl sites for hydroxylation is 1. The highest BCUT2D eigenvalue weighted by Crippen LogP contribution is 2.36. The molecule has 86 valence electrons. The van der Waals surface area contributed by atoms with E-state index < -0.39 is 0 Å². The Bertz CT molecular complexity index is 535. The van der Waals surface area contributed by atoms with Gasteiger partial charge >= 0.3 is 0 Å². The Balaban J connectivity index is 1.95. The predicted octanol–water partition coefficient (Wildman–Crippen LogP) is 2.84. The van der Waals surface area contributed by atoms with E-state index in [1.165, 1.54) is 10.4 Å². The molecule has 1 unspecified atom stereocenters. The van der Waals surface area contributed by atoms with Crippen molar-refractivity contribution in [3.63, 3.8) is 0 Å². The number of Topliss-reactive ketones (excluding diaryl/α,β-unsaturated/α-hetero) is 1. The van der Waals surface area contributed by atoms with Gasteiger partial charge in [-0.1, -0.05) is 0 Å². The zero-order valence-corrected chi connectivity index (χ0v) is 10.1. The van der Waals surface area contributed by atoms with Crippen molar-refractivity contribution in [1.82, 2.24) is 9.97 Å². The summed E-state index contributed by atoms with van der Waals surface area (Å²) in [5.41, 5.74) is 1.69. The van der Waals surface area contributed by atoms with Crippen molar-refractivity contribution in [2.75, 3.05) is 0 Å². The van der Waals surface area contributed by atoms with Crippen LogP contribution in [0.2, 0.25) is 0 Å². The van der Waals surface area contributed by atoms with E-state index in [-0.39, 0.29) is 11.7 Å². The summed E-state index contributed by atoms with van der Waals surface area (Å²) in [6, 6.07) is 2.08. The number of aromatic nitrogens is 2. The molecule has 0 aromatic carbocycles. The third-order valence-corrected chi connectivity index (χ3v) is 4.18. The standard InChI is InChI=1S/C13H12N2OS/c16-13(11-8-14-5-6-15-11)10-2-1-3-12-9(10)4-7-17-12/h4-8,10H,1-3H2. The van der Waals surface area contributed by atoms with Crippen LogP contribution in [0.3, 0.4) is 0 Å². The Hall–Kier alpha value is -1.55. The lowest BCUT2D eigenvalue weighted by molar-refractivity contribution is 0.0946. The second kappa shape index (κ2) is 4.37. The normalized spacial score (nSPS) is 18.7. The van der Waals surface area contributed by atoms with Gasteiger partial charge in [0.05, 0.1) is 12.1 Å². The smallest absolute Gasteiger partial charge is 0.190 e. The number of nitrogens with zero attached hydrogens (tertiary/aromatic N) is 2. The summed E-state index contributed by atoms with van der Waals surface area (Å²) in [4.78, 5) is 21.8. The highest BCUT2D eigenvalue weighted by Gasteiger charge is 2.28. The molecule has 2 aromatic rings. The lowest BCUT2D eigenvalue weighted by atomic mass is 9.84. The number of carbonyl (C=O) groups is 1. The van der Waals surface area contributed by atoms with Gasteiger partial charge in [-0.15, -0.1) is 11.3 Å². The number of thiophene rings is 1. The molecular weight excluding hydrogens is 232 g/mol. The van der Waals surface area contributed by atoms with E-state index >= 15 is 0 Å². The van der Waals surface area contributed by atoms with Crippen molar-refractivity contribution >= 4 is 17.1 Å². The zero-order chi connectivity index (χ0) is 11.7. The third kappa shape index (κ3) is 1.89. The van der Waals surface area contributed by atoms with Gasteiger partial charge in [-0.2, -0.15) is 0 Å². The first-order chi connectivity index (χ1) is 8.36. The highest BCUT2D eigenvalue weighted by molar-refractivity contribution is 7.10. The van der Waals surface area contributed by atoms with Crippen LogP contribution in [0.5, 0.6) is 0 Å². The van der Waals surface area contributed by atoms with Gasteiger partial charge in [0.2, 0.25) is 0 Å². The SMILES string of the molecule is O=C(c1cnccn1)C1CCCc2sccc21. The average molecular weight is 244 g/mol. The first-order valence-electron chi connectivity index (χ1n) is 5.73. The summed E-state index contributed by atoms with van der Waals surface area (Å²) in [5.74, 6) is 0.0964. The number of carbonyl (C=O) groups excluding carboxylic acids is 1. The highest BCUT2D eigenvalue weighted by atomic mass is 32.1. The average Bonchev–Trinajstić information content (AvgIpc) is 2.87. The van der Waals surface area contributed by atoms with Crippen molar-refractivity contribution in [2.24, 2.45) is 0 Å². The van der Waals surface area contributed by atoms with Gasteiger partial charge in [0.1, 0.15) is 5.69 Å². The Morgan fingerprint density at radius 2 is 2.35 bits per heavy atom. The zero-order valence-electron chi connectivity index (χ0n) is 9.30. The van der Waals surface area contributed by atoms with Gasteiger partial charge < -0.3 is 0 Å². The molecule has 0 saturated heterocycles. The Morgan fingerprint density at radius 3 is 3.18 bits per heavy atom. The Kier molecular flexibility index (Phi) is 2.73. The summed E-state index contributed by atoms with van der Waals surface area (Å²) in [5, 5.41) is 2.08. The molecule has 3 nitrogen and oxygen atoms in total. The molecule has 17 heavy (non-hydrogen) atoms. The van der Waals surface area contributed by atoms with Crippen LogP contribution in [0, 0.1) is 0 Å². The second-order valence-electron chi connectivity index (χ2n) is 4.20. The van der Waals surface area contributed by atoms with Crippen molar-refractivity contribution in [1.29, 1.82) is 0 Å². The van der Waals surface area contributed by atoms with E-state index in [1.807, 2.05) is 0 Å². The molecule has 0 N–H and O–H groups in total. The topological polar surface area (TPSA) is 42.9 Å². The molecule has 0 spiro atoms. The minimum atomic E-state index is -0.0123. The minimum Gasteiger partial charge on any atom is -0.292 e. The van der Waals surface area contributed by atoms with Gasteiger partial charge in [-0.05, 0) is 36.3 Å². The minimum absolute atomic E-state index is 0.0123. The van der Waals surface area contributed by atoms with E-state index in [1.54, 1.807) is 29.9 Å². The summed E-state index contributed by atoms with van der Waals surface area (Å²) in [7, 11) is 0. The van der Waals surface area contributed by atoms with Gasteiger partial charge in [-0.3, -0.25) is 9.78 Å². The first kappa shape index (κ1) is 10.6. The molecular formula is C13H12N2OS. The lowest BCUT2D eigenvalue weighted by Gasteiger charge is -2.20. The molecule has 0 saturated carbocycles. The van der Waals surface area contributed by atoms with Crippen molar-refractivity contribution < 1.29 is 4.79 Å². The quantitative estimate of drug-likeness (QED) is 0.763. The third-order valence-electron chi connectivity index (χ3n) is 3.18. The van der Waals surface area contributed by atoms with E-state index in [9.17, 15) is 4.79 Å². The molecule has 2 heterocycles. The van der Waals surface area contributed by atoms with Crippen LogP contribution in [0.4, 0.5) is 0 Å². The van der Waals surface area contributed by atoms with Gasteiger partial charge in [0.15, 0.2) is 5.78 Å². The van der Waals surface area contributed by atoms with Crippen LogP contribution in [-0.2, 0) is 6.42 Å². The van der Waals surface area contributed by atoms with E-state index in [2.05, 4.69) is 21.4 Å². The molecule has 0 aliphatic heterocycles. The molecule has 0 fully saturated rings. The Morgan fingerprint density at radius 1 is 1.41 bits per heavy atom. The monoisotopic (exact) mass is 244 g/mol. The van der Waals surface area contributed by atoms with Crippen LogP contribution >= 0.6 is 11.3 Å². The van der Waals surface area contributed by atoms with E-state index in [4.69, 9.17) is 0 Å². The van der Waals surface area contributed by atoms with Crippen molar-refractivity contribution in [2.45, 2.75) is 25.2 Å². The predicted molar refractivity (Wildman–Crippen MR) is 66.4 cm³/mol. The molecule has 0 amide bonds. The summed E-state index contributed by atoms with van der Waals surface area (Å²) in [6.07, 6.45) is 7.85. The fourth-order valence-electron chi connectivity index (χ4n) is 2.36. The molecule has 2 aromatic heterocycles. The van der Waals surface area contributed by atoms with Crippen LogP contribution in [-0.4, -0.2) is 15.8 Å². The van der Waals surface area contributed by atoms with E-state index in [0.29, 0.717) is 5.69 Å². The van der Waals surface area contributed by atoms with Gasteiger partial charge in [0, 0.05) is 17.3 Å². The van der Waals surface area contributed by atoms with Crippen molar-refractivity contribution in [3.05, 3.63) is 46.2 Å². The molecule has 0 radical (unpaired) electrons. The number of fused-ring (bicyclic) bond motifs is 1. The molecule has 1 aliphatic carbocycles. The fourth-order valence-corrected chi connectivity index (χ4v) is 3.35. The van der Waals surface area contributed by atoms with Gasteiger partial charge in [-0.25, -0.2) is 4.98 Å². The number of hydrogen-bond donors (Lipinski definition) is 0. The molecule has 0 bridgehead atoms.